The third-order valence-corrected chi connectivity index (χ3v) is 13.3. The van der Waals surface area contributed by atoms with Gasteiger partial charge in [-0.05, 0) is 109 Å². The van der Waals surface area contributed by atoms with Crippen LogP contribution in [0, 0.1) is 0 Å². The van der Waals surface area contributed by atoms with Crippen molar-refractivity contribution in [3.63, 3.8) is 0 Å². The molecule has 0 aliphatic carbocycles. The summed E-state index contributed by atoms with van der Waals surface area (Å²) in [5.41, 5.74) is 0. The monoisotopic (exact) mass is 1030 g/mol. The number of hydrogen-bond donors (Lipinski definition) is 2. The average Bonchev–Trinajstić information content (AvgIpc) is 3.37. The molecule has 0 aromatic heterocycles. The van der Waals surface area contributed by atoms with Crippen LogP contribution in [-0.4, -0.2) is 55.2 Å². The minimum Gasteiger partial charge on any atom is -0.462 e. The Kier molecular flexibility index (Phi) is 53.4. The molecule has 0 saturated heterocycles. The van der Waals surface area contributed by atoms with Gasteiger partial charge >= 0.3 is 19.8 Å². The number of carbonyl (C=O) groups excluding carboxylic acids is 3. The molecule has 0 aliphatic rings. The van der Waals surface area contributed by atoms with E-state index < -0.39 is 32.5 Å². The molecule has 1 amide bonds. The Morgan fingerprint density at radius 1 is 0.431 bits per heavy atom. The Morgan fingerprint density at radius 2 is 0.792 bits per heavy atom. The van der Waals surface area contributed by atoms with E-state index in [2.05, 4.69) is 99.0 Å². The van der Waals surface area contributed by atoms with E-state index in [-0.39, 0.29) is 38.5 Å². The summed E-state index contributed by atoms with van der Waals surface area (Å²) in [6, 6.07) is 0. The Hall–Kier alpha value is -3.04. The summed E-state index contributed by atoms with van der Waals surface area (Å²) in [4.78, 5) is 48.2. The van der Waals surface area contributed by atoms with Gasteiger partial charge in [-0.15, -0.1) is 0 Å². The van der Waals surface area contributed by atoms with Crippen LogP contribution in [0.25, 0.3) is 0 Å². The van der Waals surface area contributed by atoms with E-state index in [9.17, 15) is 23.8 Å². The largest absolute Gasteiger partial charge is 0.472 e. The third kappa shape index (κ3) is 54.7. The maximum absolute atomic E-state index is 12.9. The number of unbranched alkanes of at least 4 members (excludes halogenated alkanes) is 26. The average molecular weight is 1030 g/mol. The van der Waals surface area contributed by atoms with E-state index in [1.807, 2.05) is 0 Å². The number of hydrogen-bond acceptors (Lipinski definition) is 8. The van der Waals surface area contributed by atoms with Gasteiger partial charge in [0.25, 0.3) is 0 Å². The number of amides is 1. The number of rotatable bonds is 54. The molecule has 0 fully saturated rings. The molecule has 0 aliphatic heterocycles. The molecule has 11 heteroatoms. The van der Waals surface area contributed by atoms with E-state index in [4.69, 9.17) is 18.5 Å². The molecule has 0 aromatic rings. The maximum Gasteiger partial charge on any atom is 0.472 e. The number of allylic oxidation sites excluding steroid dienone is 12. The van der Waals surface area contributed by atoms with E-state index in [1.165, 1.54) is 109 Å². The van der Waals surface area contributed by atoms with Crippen LogP contribution in [0.2, 0.25) is 0 Å². The summed E-state index contributed by atoms with van der Waals surface area (Å²) in [5, 5.41) is 2.71. The molecule has 416 valence electrons. The van der Waals surface area contributed by atoms with Crippen LogP contribution in [0.4, 0.5) is 0 Å². The number of esters is 2. The van der Waals surface area contributed by atoms with E-state index in [0.717, 1.165) is 96.3 Å². The highest BCUT2D eigenvalue weighted by molar-refractivity contribution is 7.47. The van der Waals surface area contributed by atoms with Crippen molar-refractivity contribution in [1.82, 2.24) is 5.32 Å². The van der Waals surface area contributed by atoms with Gasteiger partial charge in [0.1, 0.15) is 6.61 Å². The second kappa shape index (κ2) is 55.7. The molecule has 2 N–H and O–H groups in total. The molecule has 0 saturated carbocycles. The van der Waals surface area contributed by atoms with E-state index in [1.54, 1.807) is 0 Å². The predicted molar refractivity (Wildman–Crippen MR) is 303 cm³/mol. The number of phosphoric acid groups is 1. The fraction of sp³-hybridized carbons (Fsp3) is 0.754. The summed E-state index contributed by atoms with van der Waals surface area (Å²) >= 11 is 0. The summed E-state index contributed by atoms with van der Waals surface area (Å²) < 4.78 is 34.1. The summed E-state index contributed by atoms with van der Waals surface area (Å²) in [6.45, 7) is 5.71. The van der Waals surface area contributed by atoms with Crippen LogP contribution in [-0.2, 0) is 37.5 Å². The predicted octanol–water partition coefficient (Wildman–Crippen LogP) is 17.9. The van der Waals surface area contributed by atoms with Crippen LogP contribution >= 0.6 is 7.82 Å². The Bertz CT molecular complexity index is 1470. The molecule has 2 atom stereocenters. The second-order valence-electron chi connectivity index (χ2n) is 19.4. The zero-order valence-electron chi connectivity index (χ0n) is 46.4. The first-order valence-electron chi connectivity index (χ1n) is 29.4. The lowest BCUT2D eigenvalue weighted by atomic mass is 10.1. The van der Waals surface area contributed by atoms with Crippen molar-refractivity contribution >= 4 is 25.7 Å². The number of phosphoric ester groups is 1. The standard InChI is InChI=1S/C61H108NO9P/c1-4-7-10-13-16-19-22-25-28-29-32-33-36-39-42-45-48-51-59(63)62-54-55-69-72(66,67)70-57-58(71-61(65)53-50-47-44-41-38-35-31-27-24-21-18-15-12-9-6-3)56-68-60(64)52-49-46-43-40-37-34-30-26-23-20-17-14-11-8-5-2/h16,19,25-28,30-33,39,42,58H,4-15,17-18,20-24,29,34-38,40-41,43-57H2,1-3H3,(H,62,63)(H,66,67)/b19-16-,28-25-,30-26-,31-27-,33-32-,42-39-/t58-/m1/s1. The molecule has 0 spiro atoms. The summed E-state index contributed by atoms with van der Waals surface area (Å²) in [6.07, 6.45) is 65.5. The first-order valence-corrected chi connectivity index (χ1v) is 30.9. The first kappa shape index (κ1) is 69.0. The van der Waals surface area contributed by atoms with Crippen molar-refractivity contribution in [2.24, 2.45) is 0 Å². The SMILES string of the molecule is CCCCC/C=C\C/C=C\C/C=C\C/C=C\CCCC(=O)NCCOP(=O)(O)OC[C@@H](COC(=O)CCCCCCC/C=C\CCCCCCCC)OC(=O)CCCCCCC/C=C\CCCCCCCC. The minimum atomic E-state index is -4.57. The van der Waals surface area contributed by atoms with Crippen LogP contribution in [0.15, 0.2) is 72.9 Å². The van der Waals surface area contributed by atoms with Gasteiger partial charge < -0.3 is 19.7 Å². The highest BCUT2D eigenvalue weighted by Gasteiger charge is 2.26. The van der Waals surface area contributed by atoms with Gasteiger partial charge in [-0.1, -0.05) is 209 Å². The lowest BCUT2D eigenvalue weighted by Crippen LogP contribution is -2.30. The molecule has 0 bridgehead atoms. The number of ether oxygens (including phenoxy) is 2. The highest BCUT2D eigenvalue weighted by Crippen LogP contribution is 2.43. The summed E-state index contributed by atoms with van der Waals surface area (Å²) in [7, 11) is -4.57. The summed E-state index contributed by atoms with van der Waals surface area (Å²) in [5.74, 6) is -1.07. The van der Waals surface area contributed by atoms with Crippen molar-refractivity contribution in [3.05, 3.63) is 72.9 Å². The van der Waals surface area contributed by atoms with E-state index >= 15 is 0 Å². The Morgan fingerprint density at radius 3 is 1.26 bits per heavy atom. The van der Waals surface area contributed by atoms with Gasteiger partial charge in [0.2, 0.25) is 5.91 Å². The molecular weight excluding hydrogens is 922 g/mol. The smallest absolute Gasteiger partial charge is 0.462 e. The number of nitrogens with one attached hydrogen (secondary N) is 1. The van der Waals surface area contributed by atoms with Crippen molar-refractivity contribution in [2.45, 2.75) is 271 Å². The fourth-order valence-corrected chi connectivity index (χ4v) is 8.65. The molecule has 0 aromatic carbocycles. The van der Waals surface area contributed by atoms with Gasteiger partial charge in [0.15, 0.2) is 6.10 Å². The maximum atomic E-state index is 12.9. The Balaban J connectivity index is 4.59. The van der Waals surface area contributed by atoms with Crippen LogP contribution in [0.1, 0.15) is 265 Å². The van der Waals surface area contributed by atoms with E-state index in [0.29, 0.717) is 25.7 Å². The lowest BCUT2D eigenvalue weighted by Gasteiger charge is -2.20. The molecule has 0 radical (unpaired) electrons. The van der Waals surface area contributed by atoms with Crippen molar-refractivity contribution in [2.75, 3.05) is 26.4 Å². The zero-order valence-corrected chi connectivity index (χ0v) is 47.3. The second-order valence-corrected chi connectivity index (χ2v) is 20.8. The van der Waals surface area contributed by atoms with Crippen molar-refractivity contribution in [1.29, 1.82) is 0 Å². The molecule has 0 rings (SSSR count). The lowest BCUT2D eigenvalue weighted by molar-refractivity contribution is -0.161. The highest BCUT2D eigenvalue weighted by atomic mass is 31.2. The van der Waals surface area contributed by atoms with Crippen molar-refractivity contribution in [3.8, 4) is 0 Å². The number of carbonyl (C=O) groups is 3. The molecule has 0 heterocycles. The molecule has 10 nitrogen and oxygen atoms in total. The molecular formula is C61H108NO9P. The minimum absolute atomic E-state index is 0.0272. The first-order chi connectivity index (χ1) is 35.2. The topological polar surface area (TPSA) is 137 Å². The fourth-order valence-electron chi connectivity index (χ4n) is 7.90. The van der Waals surface area contributed by atoms with Crippen LogP contribution < -0.4 is 5.32 Å². The Labute approximate surface area is 441 Å². The molecule has 72 heavy (non-hydrogen) atoms. The third-order valence-electron chi connectivity index (χ3n) is 12.3. The van der Waals surface area contributed by atoms with Crippen LogP contribution in [0.3, 0.4) is 0 Å². The van der Waals surface area contributed by atoms with Gasteiger partial charge in [-0.25, -0.2) is 4.57 Å². The zero-order chi connectivity index (χ0) is 52.5. The van der Waals surface area contributed by atoms with Gasteiger partial charge in [-0.2, -0.15) is 0 Å². The van der Waals surface area contributed by atoms with Gasteiger partial charge in [0, 0.05) is 25.8 Å². The quantitative estimate of drug-likeness (QED) is 0.0264. The van der Waals surface area contributed by atoms with Gasteiger partial charge in [0.05, 0.1) is 13.2 Å². The molecule has 1 unspecified atom stereocenters. The van der Waals surface area contributed by atoms with Gasteiger partial charge in [-0.3, -0.25) is 23.4 Å². The van der Waals surface area contributed by atoms with Crippen molar-refractivity contribution < 1.29 is 42.4 Å². The van der Waals surface area contributed by atoms with Crippen LogP contribution in [0.5, 0.6) is 0 Å². The normalized spacial score (nSPS) is 13.4.